The first kappa shape index (κ1) is 19.8. The second-order valence-corrected chi connectivity index (χ2v) is 7.94. The van der Waals surface area contributed by atoms with Crippen LogP contribution in [-0.4, -0.2) is 21.6 Å². The standard InChI is InChI=1S/C20H20F3N5S/c1-24-29-15-6-7-17(27-19-8-5-13(10-25-19)20(21,22)23)16(9-15)18-11-28(12-26-18)14-3-2-4-14/h5-12,14,24H,2-4H2,1H3,(H,25,27). The SMILES string of the molecule is CNSc1ccc(Nc2ccc(C(F)(F)F)cn2)c(-c2cn(C3CCC3)cn2)c1. The maximum absolute atomic E-state index is 12.8. The molecular formula is C20H20F3N5S. The average Bonchev–Trinajstić information content (AvgIpc) is 3.10. The van der Waals surface area contributed by atoms with E-state index in [1.54, 1.807) is 0 Å². The van der Waals surface area contributed by atoms with Crippen LogP contribution in [0.4, 0.5) is 24.7 Å². The normalized spacial score (nSPS) is 14.6. The predicted octanol–water partition coefficient (Wildman–Crippen LogP) is 5.66. The second-order valence-electron chi connectivity index (χ2n) is 6.86. The molecule has 1 fully saturated rings. The Bertz CT molecular complexity index is 981. The van der Waals surface area contributed by atoms with E-state index in [1.807, 2.05) is 37.8 Å². The van der Waals surface area contributed by atoms with Gasteiger partial charge in [0.05, 0.1) is 17.6 Å². The van der Waals surface area contributed by atoms with Crippen molar-refractivity contribution in [3.05, 3.63) is 54.6 Å². The Labute approximate surface area is 170 Å². The maximum atomic E-state index is 12.8. The number of imidazole rings is 1. The Morgan fingerprint density at radius 3 is 2.59 bits per heavy atom. The van der Waals surface area contributed by atoms with Crippen molar-refractivity contribution in [3.8, 4) is 11.3 Å². The van der Waals surface area contributed by atoms with Gasteiger partial charge in [-0.3, -0.25) is 4.72 Å². The lowest BCUT2D eigenvalue weighted by Crippen LogP contribution is -2.14. The molecule has 1 aromatic carbocycles. The fraction of sp³-hybridized carbons (Fsp3) is 0.300. The molecule has 1 aliphatic rings. The van der Waals surface area contributed by atoms with Crippen LogP contribution < -0.4 is 10.0 Å². The molecule has 9 heteroatoms. The lowest BCUT2D eigenvalue weighted by molar-refractivity contribution is -0.137. The number of rotatable bonds is 6. The molecule has 0 bridgehead atoms. The van der Waals surface area contributed by atoms with Crippen molar-refractivity contribution in [1.29, 1.82) is 0 Å². The zero-order valence-corrected chi connectivity index (χ0v) is 16.5. The van der Waals surface area contributed by atoms with E-state index in [0.717, 1.165) is 46.9 Å². The van der Waals surface area contributed by atoms with E-state index < -0.39 is 11.7 Å². The molecule has 0 radical (unpaired) electrons. The molecule has 0 saturated heterocycles. The Balaban J connectivity index is 1.64. The van der Waals surface area contributed by atoms with Crippen LogP contribution in [-0.2, 0) is 6.18 Å². The van der Waals surface area contributed by atoms with Gasteiger partial charge in [-0.1, -0.05) is 0 Å². The van der Waals surface area contributed by atoms with Crippen molar-refractivity contribution < 1.29 is 13.2 Å². The summed E-state index contributed by atoms with van der Waals surface area (Å²) < 4.78 is 43.5. The van der Waals surface area contributed by atoms with Crippen molar-refractivity contribution in [3.63, 3.8) is 0 Å². The van der Waals surface area contributed by atoms with E-state index in [4.69, 9.17) is 0 Å². The van der Waals surface area contributed by atoms with Crippen molar-refractivity contribution >= 4 is 23.5 Å². The molecule has 2 aromatic heterocycles. The van der Waals surface area contributed by atoms with E-state index in [2.05, 4.69) is 24.6 Å². The second kappa shape index (κ2) is 8.08. The van der Waals surface area contributed by atoms with Crippen molar-refractivity contribution in [2.24, 2.45) is 0 Å². The molecule has 0 atom stereocenters. The largest absolute Gasteiger partial charge is 0.417 e. The fourth-order valence-corrected chi connectivity index (χ4v) is 3.71. The number of pyridine rings is 1. The summed E-state index contributed by atoms with van der Waals surface area (Å²) in [6.45, 7) is 0. The zero-order chi connectivity index (χ0) is 20.4. The Morgan fingerprint density at radius 1 is 1.14 bits per heavy atom. The summed E-state index contributed by atoms with van der Waals surface area (Å²) in [5, 5.41) is 3.13. The zero-order valence-electron chi connectivity index (χ0n) is 15.7. The lowest BCUT2D eigenvalue weighted by Gasteiger charge is -2.26. The first-order chi connectivity index (χ1) is 13.9. The van der Waals surface area contributed by atoms with Gasteiger partial charge < -0.3 is 9.88 Å². The summed E-state index contributed by atoms with van der Waals surface area (Å²) in [4.78, 5) is 9.49. The monoisotopic (exact) mass is 419 g/mol. The molecule has 0 spiro atoms. The average molecular weight is 419 g/mol. The van der Waals surface area contributed by atoms with Crippen LogP contribution in [0.25, 0.3) is 11.3 Å². The highest BCUT2D eigenvalue weighted by Crippen LogP contribution is 2.36. The summed E-state index contributed by atoms with van der Waals surface area (Å²) in [6, 6.07) is 8.66. The van der Waals surface area contributed by atoms with E-state index in [1.165, 1.54) is 24.4 Å². The number of nitrogens with one attached hydrogen (secondary N) is 2. The fourth-order valence-electron chi connectivity index (χ4n) is 3.16. The molecular weight excluding hydrogens is 399 g/mol. The number of benzene rings is 1. The summed E-state index contributed by atoms with van der Waals surface area (Å²) in [5.41, 5.74) is 1.63. The predicted molar refractivity (Wildman–Crippen MR) is 108 cm³/mol. The van der Waals surface area contributed by atoms with Gasteiger partial charge >= 0.3 is 6.18 Å². The molecule has 0 amide bonds. The number of hydrogen-bond donors (Lipinski definition) is 2. The summed E-state index contributed by atoms with van der Waals surface area (Å²) >= 11 is 1.48. The van der Waals surface area contributed by atoms with Crippen molar-refractivity contribution in [1.82, 2.24) is 19.3 Å². The van der Waals surface area contributed by atoms with Gasteiger partial charge in [0.15, 0.2) is 0 Å². The van der Waals surface area contributed by atoms with Crippen LogP contribution in [0.15, 0.2) is 53.9 Å². The summed E-state index contributed by atoms with van der Waals surface area (Å²) in [7, 11) is 1.84. The van der Waals surface area contributed by atoms with Crippen LogP contribution in [0.1, 0.15) is 30.9 Å². The minimum Gasteiger partial charge on any atom is -0.340 e. The van der Waals surface area contributed by atoms with Gasteiger partial charge in [0.25, 0.3) is 0 Å². The van der Waals surface area contributed by atoms with Gasteiger partial charge in [-0.15, -0.1) is 0 Å². The lowest BCUT2D eigenvalue weighted by atomic mass is 9.93. The molecule has 29 heavy (non-hydrogen) atoms. The molecule has 2 heterocycles. The quantitative estimate of drug-likeness (QED) is 0.505. The molecule has 152 valence electrons. The minimum atomic E-state index is -4.41. The first-order valence-electron chi connectivity index (χ1n) is 9.26. The van der Waals surface area contributed by atoms with Gasteiger partial charge in [-0.2, -0.15) is 13.2 Å². The van der Waals surface area contributed by atoms with Crippen LogP contribution in [0.2, 0.25) is 0 Å². The topological polar surface area (TPSA) is 54.8 Å². The van der Waals surface area contributed by atoms with Gasteiger partial charge in [-0.05, 0) is 68.6 Å². The Morgan fingerprint density at radius 2 is 1.97 bits per heavy atom. The number of anilines is 2. The van der Waals surface area contributed by atoms with E-state index in [0.29, 0.717) is 11.9 Å². The molecule has 3 aromatic rings. The highest BCUT2D eigenvalue weighted by molar-refractivity contribution is 7.97. The highest BCUT2D eigenvalue weighted by Gasteiger charge is 2.30. The third kappa shape index (κ3) is 4.40. The Kier molecular flexibility index (Phi) is 5.51. The van der Waals surface area contributed by atoms with Crippen LogP contribution in [0.5, 0.6) is 0 Å². The number of alkyl halides is 3. The molecule has 4 rings (SSSR count). The van der Waals surface area contributed by atoms with Crippen molar-refractivity contribution in [2.45, 2.75) is 36.4 Å². The number of hydrogen-bond acceptors (Lipinski definition) is 5. The third-order valence-electron chi connectivity index (χ3n) is 4.94. The van der Waals surface area contributed by atoms with Gasteiger partial charge in [0.2, 0.25) is 0 Å². The van der Waals surface area contributed by atoms with Crippen LogP contribution in [0, 0.1) is 0 Å². The van der Waals surface area contributed by atoms with Crippen LogP contribution >= 0.6 is 11.9 Å². The third-order valence-corrected chi connectivity index (χ3v) is 5.63. The molecule has 0 unspecified atom stereocenters. The number of nitrogens with zero attached hydrogens (tertiary/aromatic N) is 3. The molecule has 1 aliphatic carbocycles. The minimum absolute atomic E-state index is 0.340. The molecule has 0 aliphatic heterocycles. The summed E-state index contributed by atoms with van der Waals surface area (Å²) in [5.74, 6) is 0.340. The van der Waals surface area contributed by atoms with Gasteiger partial charge in [0, 0.05) is 34.6 Å². The first-order valence-corrected chi connectivity index (χ1v) is 10.1. The number of aromatic nitrogens is 3. The summed E-state index contributed by atoms with van der Waals surface area (Å²) in [6.07, 6.45) is 3.85. The number of halogens is 3. The molecule has 2 N–H and O–H groups in total. The van der Waals surface area contributed by atoms with E-state index >= 15 is 0 Å². The molecule has 5 nitrogen and oxygen atoms in total. The van der Waals surface area contributed by atoms with Gasteiger partial charge in [0.1, 0.15) is 5.82 Å². The van der Waals surface area contributed by atoms with E-state index in [-0.39, 0.29) is 0 Å². The Hall–Kier alpha value is -2.52. The van der Waals surface area contributed by atoms with Crippen molar-refractivity contribution in [2.75, 3.05) is 12.4 Å². The maximum Gasteiger partial charge on any atom is 0.417 e. The smallest absolute Gasteiger partial charge is 0.340 e. The van der Waals surface area contributed by atoms with Crippen LogP contribution in [0.3, 0.4) is 0 Å². The van der Waals surface area contributed by atoms with E-state index in [9.17, 15) is 13.2 Å². The van der Waals surface area contributed by atoms with Gasteiger partial charge in [-0.25, -0.2) is 9.97 Å². The molecule has 1 saturated carbocycles. The highest BCUT2D eigenvalue weighted by atomic mass is 32.2.